The zero-order chi connectivity index (χ0) is 33.1. The Morgan fingerprint density at radius 3 is 2.65 bits per heavy atom. The van der Waals surface area contributed by atoms with E-state index in [9.17, 15) is 18.0 Å². The van der Waals surface area contributed by atoms with Gasteiger partial charge in [0.15, 0.2) is 6.29 Å². The number of carbonyl (C=O) groups excluding carboxylic acids is 2. The maximum absolute atomic E-state index is 13.4. The number of aryl methyl sites for hydroxylation is 1. The third-order valence-electron chi connectivity index (χ3n) is 9.95. The Morgan fingerprint density at radius 1 is 1.13 bits per heavy atom. The minimum atomic E-state index is -3.99. The number of anilines is 1. The highest BCUT2D eigenvalue weighted by Crippen LogP contribution is 2.46. The van der Waals surface area contributed by atoms with E-state index in [1.54, 1.807) is 25.1 Å². The molecule has 2 aliphatic heterocycles. The Kier molecular flexibility index (Phi) is 10.8. The van der Waals surface area contributed by atoms with Crippen LogP contribution in [0, 0.1) is 23.7 Å². The number of nitrogens with zero attached hydrogens (tertiary/aromatic N) is 1. The SMILES string of the molecule is CC(C)CO[C@]1(C=O)/C=C/C[C@H](C)[C@@H](C)S(=O)(=O)NC(=O)c2ccc3c(c2)N(CCCCc2cc(Cl)ccc2CO3)C[C@@H]2CC[C@H]21. The Bertz CT molecular complexity index is 1560. The van der Waals surface area contributed by atoms with Gasteiger partial charge in [0.25, 0.3) is 5.91 Å². The molecule has 0 saturated heterocycles. The average Bonchev–Trinajstić information content (AvgIpc) is 3.03. The standard InChI is InChI=1S/C36H47ClN2O6S/c1-24(2)21-45-36(23-40)16-7-8-25(3)26(4)46(42,43)38-35(41)28-12-15-34-33(19-28)39(20-29-11-14-32(29)36)17-6-5-9-27-18-31(37)13-10-30(27)22-44-34/h7,10,12-13,15-16,18-19,23-26,29,32H,5-6,8-9,11,14,17,20-22H2,1-4H3,(H,38,41)/b16-7+/t25-,26+,29-,32+,36-/m0/s1. The number of rotatable bonds is 4. The molecule has 2 aromatic carbocycles. The molecule has 1 N–H and O–H groups in total. The second kappa shape index (κ2) is 14.5. The van der Waals surface area contributed by atoms with Gasteiger partial charge >= 0.3 is 0 Å². The molecule has 2 bridgehead atoms. The molecule has 1 fully saturated rings. The molecule has 46 heavy (non-hydrogen) atoms. The summed E-state index contributed by atoms with van der Waals surface area (Å²) in [4.78, 5) is 28.6. The predicted molar refractivity (Wildman–Crippen MR) is 182 cm³/mol. The van der Waals surface area contributed by atoms with Crippen molar-refractivity contribution in [3.63, 3.8) is 0 Å². The summed E-state index contributed by atoms with van der Waals surface area (Å²) < 4.78 is 41.9. The van der Waals surface area contributed by atoms with Gasteiger partial charge in [0.2, 0.25) is 10.0 Å². The normalized spacial score (nSPS) is 29.2. The first-order chi connectivity index (χ1) is 21.9. The number of amides is 1. The van der Waals surface area contributed by atoms with E-state index in [1.165, 1.54) is 0 Å². The van der Waals surface area contributed by atoms with Crippen molar-refractivity contribution in [1.29, 1.82) is 0 Å². The lowest BCUT2D eigenvalue weighted by molar-refractivity contribution is -0.143. The Hall–Kier alpha value is -2.88. The van der Waals surface area contributed by atoms with E-state index < -0.39 is 26.8 Å². The highest BCUT2D eigenvalue weighted by Gasteiger charge is 2.48. The van der Waals surface area contributed by atoms with Crippen LogP contribution in [0.25, 0.3) is 0 Å². The molecule has 3 aliphatic rings. The summed E-state index contributed by atoms with van der Waals surface area (Å²) in [6, 6.07) is 11.0. The molecule has 0 unspecified atom stereocenters. The molecule has 0 spiro atoms. The summed E-state index contributed by atoms with van der Waals surface area (Å²) in [6.07, 6.45) is 9.59. The molecular weight excluding hydrogens is 624 g/mol. The van der Waals surface area contributed by atoms with Crippen molar-refractivity contribution in [3.8, 4) is 5.75 Å². The predicted octanol–water partition coefficient (Wildman–Crippen LogP) is 6.74. The monoisotopic (exact) mass is 670 g/mol. The van der Waals surface area contributed by atoms with Gasteiger partial charge in [-0.25, -0.2) is 13.1 Å². The van der Waals surface area contributed by atoms with Gasteiger partial charge in [0.1, 0.15) is 18.0 Å². The van der Waals surface area contributed by atoms with Gasteiger partial charge in [-0.05, 0) is 111 Å². The van der Waals surface area contributed by atoms with E-state index in [1.807, 2.05) is 37.3 Å². The summed E-state index contributed by atoms with van der Waals surface area (Å²) in [5, 5.41) is -0.154. The number of hydrogen-bond acceptors (Lipinski definition) is 7. The van der Waals surface area contributed by atoms with Crippen LogP contribution < -0.4 is 14.4 Å². The number of sulfonamides is 1. The van der Waals surface area contributed by atoms with Gasteiger partial charge in [-0.1, -0.05) is 44.5 Å². The molecule has 1 amide bonds. The van der Waals surface area contributed by atoms with Crippen molar-refractivity contribution in [2.75, 3.05) is 24.6 Å². The molecular formula is C36H47ClN2O6S. The number of benzene rings is 2. The number of halogens is 1. The molecule has 0 aromatic heterocycles. The summed E-state index contributed by atoms with van der Waals surface area (Å²) in [6.45, 7) is 9.69. The van der Waals surface area contributed by atoms with Crippen molar-refractivity contribution in [3.05, 3.63) is 70.3 Å². The van der Waals surface area contributed by atoms with E-state index in [-0.39, 0.29) is 29.2 Å². The summed E-state index contributed by atoms with van der Waals surface area (Å²) in [7, 11) is -3.99. The number of nitrogens with one attached hydrogen (secondary N) is 1. The lowest BCUT2D eigenvalue weighted by Crippen LogP contribution is -2.53. The molecule has 10 heteroatoms. The third-order valence-corrected chi connectivity index (χ3v) is 12.1. The van der Waals surface area contributed by atoms with Crippen LogP contribution in [0.5, 0.6) is 5.75 Å². The fourth-order valence-corrected chi connectivity index (χ4v) is 8.22. The van der Waals surface area contributed by atoms with Crippen molar-refractivity contribution in [2.45, 2.75) is 83.7 Å². The number of hydrogen-bond donors (Lipinski definition) is 1. The molecule has 2 aromatic rings. The quantitative estimate of drug-likeness (QED) is 0.284. The Balaban J connectivity index is 1.58. The van der Waals surface area contributed by atoms with Gasteiger partial charge in [0, 0.05) is 29.6 Å². The zero-order valence-electron chi connectivity index (χ0n) is 27.3. The molecule has 0 radical (unpaired) electrons. The number of aldehydes is 1. The largest absolute Gasteiger partial charge is 0.487 e. The van der Waals surface area contributed by atoms with E-state index in [4.69, 9.17) is 21.1 Å². The van der Waals surface area contributed by atoms with Crippen LogP contribution >= 0.6 is 11.6 Å². The van der Waals surface area contributed by atoms with Gasteiger partial charge in [-0.15, -0.1) is 0 Å². The maximum atomic E-state index is 13.4. The third kappa shape index (κ3) is 7.63. The minimum Gasteiger partial charge on any atom is -0.487 e. The lowest BCUT2D eigenvalue weighted by Gasteiger charge is -2.48. The highest BCUT2D eigenvalue weighted by molar-refractivity contribution is 7.90. The highest BCUT2D eigenvalue weighted by atomic mass is 35.5. The average molecular weight is 671 g/mol. The smallest absolute Gasteiger partial charge is 0.264 e. The summed E-state index contributed by atoms with van der Waals surface area (Å²) >= 11 is 6.34. The fourth-order valence-electron chi connectivity index (χ4n) is 6.74. The molecule has 5 rings (SSSR count). The molecule has 2 heterocycles. The number of ether oxygens (including phenoxy) is 2. The minimum absolute atomic E-state index is 0.0372. The second-order valence-corrected chi connectivity index (χ2v) is 16.2. The molecule has 250 valence electrons. The van der Waals surface area contributed by atoms with Crippen LogP contribution in [0.2, 0.25) is 5.02 Å². The van der Waals surface area contributed by atoms with Crippen LogP contribution in [-0.2, 0) is 32.6 Å². The van der Waals surface area contributed by atoms with Crippen molar-refractivity contribution in [1.82, 2.24) is 4.72 Å². The van der Waals surface area contributed by atoms with Gasteiger partial charge in [-0.3, -0.25) is 9.59 Å². The first-order valence-corrected chi connectivity index (χ1v) is 18.5. The topological polar surface area (TPSA) is 102 Å². The first-order valence-electron chi connectivity index (χ1n) is 16.6. The lowest BCUT2D eigenvalue weighted by atomic mass is 9.64. The van der Waals surface area contributed by atoms with Crippen LogP contribution in [0.4, 0.5) is 5.69 Å². The van der Waals surface area contributed by atoms with Crippen molar-refractivity contribution < 1.29 is 27.5 Å². The van der Waals surface area contributed by atoms with Crippen LogP contribution in [-0.4, -0.2) is 51.2 Å². The summed E-state index contributed by atoms with van der Waals surface area (Å²) in [5.74, 6) is 0.00316. The van der Waals surface area contributed by atoms with Crippen LogP contribution in [0.3, 0.4) is 0 Å². The van der Waals surface area contributed by atoms with E-state index >= 15 is 0 Å². The van der Waals surface area contributed by atoms with E-state index in [2.05, 4.69) is 23.5 Å². The number of fused-ring (bicyclic) bond motifs is 3. The molecule has 5 atom stereocenters. The van der Waals surface area contributed by atoms with Crippen LogP contribution in [0.15, 0.2) is 48.6 Å². The summed E-state index contributed by atoms with van der Waals surface area (Å²) in [5.41, 5.74) is 2.09. The number of carbonyl (C=O) groups is 2. The number of allylic oxidation sites excluding steroid dienone is 1. The van der Waals surface area contributed by atoms with Crippen molar-refractivity contribution >= 4 is 39.5 Å². The fraction of sp³-hybridized carbons (Fsp3) is 0.556. The zero-order valence-corrected chi connectivity index (χ0v) is 28.9. The van der Waals surface area contributed by atoms with Crippen molar-refractivity contribution in [2.24, 2.45) is 23.7 Å². The van der Waals surface area contributed by atoms with Gasteiger partial charge in [-0.2, -0.15) is 0 Å². The second-order valence-electron chi connectivity index (χ2n) is 13.7. The van der Waals surface area contributed by atoms with Gasteiger partial charge < -0.3 is 14.4 Å². The maximum Gasteiger partial charge on any atom is 0.264 e. The Labute approximate surface area is 278 Å². The molecule has 8 nitrogen and oxygen atoms in total. The van der Waals surface area contributed by atoms with Crippen LogP contribution in [0.1, 0.15) is 81.3 Å². The molecule has 1 saturated carbocycles. The molecule has 1 aliphatic carbocycles. The Morgan fingerprint density at radius 2 is 1.93 bits per heavy atom. The van der Waals surface area contributed by atoms with E-state index in [0.717, 1.165) is 55.2 Å². The van der Waals surface area contributed by atoms with Gasteiger partial charge in [0.05, 0.1) is 17.5 Å². The first kappa shape index (κ1) is 34.5. The van der Waals surface area contributed by atoms with E-state index in [0.29, 0.717) is 43.5 Å².